The highest BCUT2D eigenvalue weighted by Crippen LogP contribution is 2.24. The summed E-state index contributed by atoms with van der Waals surface area (Å²) in [7, 11) is 1.62. The normalized spacial score (nSPS) is 16.8. The van der Waals surface area contributed by atoms with E-state index >= 15 is 0 Å². The van der Waals surface area contributed by atoms with Crippen LogP contribution in [0, 0.1) is 0 Å². The van der Waals surface area contributed by atoms with E-state index in [1.807, 2.05) is 49.4 Å². The summed E-state index contributed by atoms with van der Waals surface area (Å²) in [4.78, 5) is 30.7. The van der Waals surface area contributed by atoms with Crippen LogP contribution in [-0.4, -0.2) is 40.5 Å². The van der Waals surface area contributed by atoms with Crippen molar-refractivity contribution in [2.75, 3.05) is 13.7 Å². The van der Waals surface area contributed by atoms with Gasteiger partial charge in [0.05, 0.1) is 35.9 Å². The maximum Gasteiger partial charge on any atom is 0.262 e. The van der Waals surface area contributed by atoms with E-state index in [9.17, 15) is 9.59 Å². The van der Waals surface area contributed by atoms with Gasteiger partial charge in [-0.05, 0) is 49.6 Å². The number of carbonyl (C=O) groups is 1. The fraction of sp³-hybridized carbons (Fsp3) is 0.375. The van der Waals surface area contributed by atoms with Crippen molar-refractivity contribution < 1.29 is 14.3 Å². The van der Waals surface area contributed by atoms with Crippen molar-refractivity contribution in [1.82, 2.24) is 14.9 Å². The predicted molar refractivity (Wildman–Crippen MR) is 125 cm³/mol. The number of benzene rings is 2. The second kappa shape index (κ2) is 10.2. The molecule has 7 nitrogen and oxygen atoms in total. The fourth-order valence-corrected chi connectivity index (χ4v) is 4.62. The molecular formula is C24H27N3O4S. The number of hydrogen-bond donors (Lipinski definition) is 1. The lowest BCUT2D eigenvalue weighted by Gasteiger charge is -2.18. The lowest BCUT2D eigenvalue weighted by Crippen LogP contribution is -2.33. The summed E-state index contributed by atoms with van der Waals surface area (Å²) in [5.74, 6) is 0.660. The highest BCUT2D eigenvalue weighted by Gasteiger charge is 2.23. The van der Waals surface area contributed by atoms with Gasteiger partial charge in [-0.25, -0.2) is 4.98 Å². The molecule has 2 heterocycles. The number of thioether (sulfide) groups is 1. The lowest BCUT2D eigenvalue weighted by molar-refractivity contribution is -0.120. The van der Waals surface area contributed by atoms with Gasteiger partial charge >= 0.3 is 0 Å². The van der Waals surface area contributed by atoms with E-state index in [1.54, 1.807) is 17.7 Å². The first-order valence-electron chi connectivity index (χ1n) is 10.7. The number of ether oxygens (including phenoxy) is 2. The molecule has 8 heteroatoms. The molecule has 0 spiro atoms. The third-order valence-corrected chi connectivity index (χ3v) is 6.60. The molecule has 1 amide bonds. The Bertz CT molecular complexity index is 1140. The molecule has 4 rings (SSSR count). The molecular weight excluding hydrogens is 426 g/mol. The van der Waals surface area contributed by atoms with Crippen LogP contribution in [-0.2, 0) is 22.6 Å². The highest BCUT2D eigenvalue weighted by atomic mass is 32.2. The van der Waals surface area contributed by atoms with Gasteiger partial charge in [-0.15, -0.1) is 0 Å². The zero-order chi connectivity index (χ0) is 22.5. The molecule has 1 N–H and O–H groups in total. The first kappa shape index (κ1) is 22.4. The topological polar surface area (TPSA) is 82.5 Å². The van der Waals surface area contributed by atoms with Crippen LogP contribution in [0.1, 0.15) is 25.3 Å². The summed E-state index contributed by atoms with van der Waals surface area (Å²) < 4.78 is 12.6. The van der Waals surface area contributed by atoms with Crippen molar-refractivity contribution in [2.45, 2.75) is 49.4 Å². The summed E-state index contributed by atoms with van der Waals surface area (Å²) in [6, 6.07) is 14.9. The zero-order valence-corrected chi connectivity index (χ0v) is 19.1. The van der Waals surface area contributed by atoms with Crippen molar-refractivity contribution in [3.63, 3.8) is 0 Å². The van der Waals surface area contributed by atoms with Crippen molar-refractivity contribution >= 4 is 28.6 Å². The van der Waals surface area contributed by atoms with Crippen LogP contribution in [0.15, 0.2) is 58.5 Å². The van der Waals surface area contributed by atoms with Gasteiger partial charge in [0.2, 0.25) is 5.91 Å². The molecule has 0 saturated carbocycles. The SMILES string of the molecule is COc1ccc(CNC(=O)[C@@H](C)Sc2nc3ccccc3c(=O)n2C[C@@H]2CCCO2)cc1. The lowest BCUT2D eigenvalue weighted by atomic mass is 10.2. The summed E-state index contributed by atoms with van der Waals surface area (Å²) in [6.07, 6.45) is 1.91. The number of hydrogen-bond acceptors (Lipinski definition) is 6. The van der Waals surface area contributed by atoms with Crippen LogP contribution in [0.3, 0.4) is 0 Å². The standard InChI is InChI=1S/C24H27N3O4S/c1-16(22(28)25-14-17-9-11-18(30-2)12-10-17)32-24-26-21-8-4-3-7-20(21)23(29)27(24)15-19-6-5-13-31-19/h3-4,7-12,16,19H,5-6,13-15H2,1-2H3,(H,25,28)/t16-,19+/m1/s1. The van der Waals surface area contributed by atoms with Crippen molar-refractivity contribution in [2.24, 2.45) is 0 Å². The van der Waals surface area contributed by atoms with Gasteiger partial charge < -0.3 is 14.8 Å². The average Bonchev–Trinajstić information content (AvgIpc) is 3.33. The number of rotatable bonds is 8. The Kier molecular flexibility index (Phi) is 7.12. The maximum absolute atomic E-state index is 13.2. The molecule has 1 saturated heterocycles. The average molecular weight is 454 g/mol. The number of nitrogens with one attached hydrogen (secondary N) is 1. The molecule has 0 bridgehead atoms. The Morgan fingerprint density at radius 3 is 2.78 bits per heavy atom. The molecule has 2 atom stereocenters. The van der Waals surface area contributed by atoms with Gasteiger partial charge in [0.15, 0.2) is 5.16 Å². The summed E-state index contributed by atoms with van der Waals surface area (Å²) >= 11 is 1.30. The van der Waals surface area contributed by atoms with E-state index in [2.05, 4.69) is 5.32 Å². The molecule has 1 aliphatic heterocycles. The molecule has 3 aromatic rings. The number of nitrogens with zero attached hydrogens (tertiary/aromatic N) is 2. The Balaban J connectivity index is 1.50. The molecule has 0 radical (unpaired) electrons. The zero-order valence-electron chi connectivity index (χ0n) is 18.2. The molecule has 2 aromatic carbocycles. The molecule has 168 valence electrons. The van der Waals surface area contributed by atoms with E-state index in [0.29, 0.717) is 35.8 Å². The first-order valence-corrected chi connectivity index (χ1v) is 11.6. The molecule has 0 aliphatic carbocycles. The monoisotopic (exact) mass is 453 g/mol. The van der Waals surface area contributed by atoms with Gasteiger partial charge in [-0.2, -0.15) is 0 Å². The number of methoxy groups -OCH3 is 1. The van der Waals surface area contributed by atoms with Crippen molar-refractivity contribution in [1.29, 1.82) is 0 Å². The first-order chi connectivity index (χ1) is 15.5. The summed E-state index contributed by atoms with van der Waals surface area (Å²) in [5, 5.41) is 3.65. The Morgan fingerprint density at radius 1 is 1.28 bits per heavy atom. The Morgan fingerprint density at radius 2 is 2.06 bits per heavy atom. The fourth-order valence-electron chi connectivity index (χ4n) is 3.68. The van der Waals surface area contributed by atoms with Crippen LogP contribution in [0.25, 0.3) is 10.9 Å². The minimum Gasteiger partial charge on any atom is -0.497 e. The van der Waals surface area contributed by atoms with Crippen LogP contribution in [0.2, 0.25) is 0 Å². The van der Waals surface area contributed by atoms with E-state index in [1.165, 1.54) is 11.8 Å². The minimum atomic E-state index is -0.419. The highest BCUT2D eigenvalue weighted by molar-refractivity contribution is 8.00. The third kappa shape index (κ3) is 5.14. The predicted octanol–water partition coefficient (Wildman–Crippen LogP) is 3.38. The quantitative estimate of drug-likeness (QED) is 0.416. The number of carbonyl (C=O) groups excluding carboxylic acids is 1. The summed E-state index contributed by atoms with van der Waals surface area (Å²) in [5.41, 5.74) is 1.52. The van der Waals surface area contributed by atoms with Gasteiger partial charge in [0.25, 0.3) is 5.56 Å². The second-order valence-corrected chi connectivity index (χ2v) is 9.10. The van der Waals surface area contributed by atoms with Crippen molar-refractivity contribution in [3.8, 4) is 5.75 Å². The number of amides is 1. The molecule has 32 heavy (non-hydrogen) atoms. The molecule has 1 aliphatic rings. The largest absolute Gasteiger partial charge is 0.497 e. The van der Waals surface area contributed by atoms with Gasteiger partial charge in [0.1, 0.15) is 5.75 Å². The van der Waals surface area contributed by atoms with E-state index in [4.69, 9.17) is 14.5 Å². The van der Waals surface area contributed by atoms with E-state index < -0.39 is 5.25 Å². The molecule has 1 aromatic heterocycles. The summed E-state index contributed by atoms with van der Waals surface area (Å²) in [6.45, 7) is 3.40. The van der Waals surface area contributed by atoms with Crippen LogP contribution < -0.4 is 15.6 Å². The Hall–Kier alpha value is -2.84. The van der Waals surface area contributed by atoms with Crippen LogP contribution in [0.5, 0.6) is 5.75 Å². The Labute approximate surface area is 191 Å². The third-order valence-electron chi connectivity index (χ3n) is 5.51. The molecule has 0 unspecified atom stereocenters. The van der Waals surface area contributed by atoms with Crippen molar-refractivity contribution in [3.05, 3.63) is 64.4 Å². The number of para-hydroxylation sites is 1. The van der Waals surface area contributed by atoms with Gasteiger partial charge in [0, 0.05) is 13.2 Å². The number of fused-ring (bicyclic) bond motifs is 1. The second-order valence-electron chi connectivity index (χ2n) is 7.79. The van der Waals surface area contributed by atoms with E-state index in [-0.39, 0.29) is 17.6 Å². The molecule has 1 fully saturated rings. The number of aromatic nitrogens is 2. The van der Waals surface area contributed by atoms with Gasteiger partial charge in [-0.1, -0.05) is 36.0 Å². The van der Waals surface area contributed by atoms with Crippen LogP contribution >= 0.6 is 11.8 Å². The van der Waals surface area contributed by atoms with Crippen LogP contribution in [0.4, 0.5) is 0 Å². The minimum absolute atomic E-state index is 0.00535. The smallest absolute Gasteiger partial charge is 0.262 e. The maximum atomic E-state index is 13.2. The van der Waals surface area contributed by atoms with E-state index in [0.717, 1.165) is 24.2 Å². The van der Waals surface area contributed by atoms with Gasteiger partial charge in [-0.3, -0.25) is 14.2 Å².